The number of carbonyl (C=O) groups is 2. The van der Waals surface area contributed by atoms with Crippen molar-refractivity contribution in [1.82, 2.24) is 9.88 Å². The van der Waals surface area contributed by atoms with Gasteiger partial charge >= 0.3 is 0 Å². The van der Waals surface area contributed by atoms with Gasteiger partial charge in [-0.15, -0.1) is 0 Å². The van der Waals surface area contributed by atoms with E-state index in [2.05, 4.69) is 20.9 Å². The molecule has 0 spiro atoms. The highest BCUT2D eigenvalue weighted by Gasteiger charge is 2.42. The maximum absolute atomic E-state index is 12.2. The van der Waals surface area contributed by atoms with Crippen LogP contribution in [0.5, 0.6) is 0 Å². The Morgan fingerprint density at radius 2 is 1.86 bits per heavy atom. The molecule has 1 aliphatic heterocycles. The molecule has 5 heteroatoms. The normalized spacial score (nSPS) is 22.3. The Hall–Kier alpha value is -1.75. The van der Waals surface area contributed by atoms with Crippen LogP contribution in [0.3, 0.4) is 0 Å². The third kappa shape index (κ3) is 2.35. The molecule has 0 N–H and O–H groups in total. The first kappa shape index (κ1) is 14.2. The Kier molecular flexibility index (Phi) is 3.53. The fraction of sp³-hybridized carbons (Fsp3) is 0.312. The van der Waals surface area contributed by atoms with E-state index in [1.54, 1.807) is 6.20 Å². The second-order valence-electron chi connectivity index (χ2n) is 5.48. The molecule has 2 aromatic rings. The highest BCUT2D eigenvalue weighted by atomic mass is 79.9. The molecule has 0 unspecified atom stereocenters. The summed E-state index contributed by atoms with van der Waals surface area (Å²) in [6.07, 6.45) is 1.72. The molecular formula is C16H15BrN2O2. The smallest absolute Gasteiger partial charge is 0.233 e. The lowest BCUT2D eigenvalue weighted by molar-refractivity contribution is -0.140. The van der Waals surface area contributed by atoms with Gasteiger partial charge in [-0.25, -0.2) is 0 Å². The molecule has 2 atom stereocenters. The van der Waals surface area contributed by atoms with Gasteiger partial charge in [-0.1, -0.05) is 35.8 Å². The molecule has 108 valence electrons. The van der Waals surface area contributed by atoms with Crippen molar-refractivity contribution in [3.05, 3.63) is 40.5 Å². The number of halogens is 1. The lowest BCUT2D eigenvalue weighted by atomic mass is 10.00. The number of carbonyl (C=O) groups excluding carboxylic acids is 2. The van der Waals surface area contributed by atoms with Crippen LogP contribution in [0, 0.1) is 11.8 Å². The number of likely N-dealkylation sites (tertiary alicyclic amines) is 1. The number of fused-ring (bicyclic) bond motifs is 1. The highest BCUT2D eigenvalue weighted by Crippen LogP contribution is 2.29. The van der Waals surface area contributed by atoms with Crippen molar-refractivity contribution < 1.29 is 9.59 Å². The number of pyridine rings is 1. The Morgan fingerprint density at radius 3 is 2.52 bits per heavy atom. The zero-order chi connectivity index (χ0) is 15.1. The summed E-state index contributed by atoms with van der Waals surface area (Å²) in [5, 5.41) is 0.988. The van der Waals surface area contributed by atoms with Crippen molar-refractivity contribution >= 4 is 38.6 Å². The van der Waals surface area contributed by atoms with Crippen LogP contribution in [-0.4, -0.2) is 21.7 Å². The summed E-state index contributed by atoms with van der Waals surface area (Å²) < 4.78 is 0.915. The lowest BCUT2D eigenvalue weighted by Crippen LogP contribution is -2.30. The monoisotopic (exact) mass is 346 g/mol. The van der Waals surface area contributed by atoms with Crippen molar-refractivity contribution in [2.24, 2.45) is 11.8 Å². The van der Waals surface area contributed by atoms with Crippen molar-refractivity contribution in [2.45, 2.75) is 20.4 Å². The zero-order valence-electron chi connectivity index (χ0n) is 11.8. The molecule has 0 bridgehead atoms. The van der Waals surface area contributed by atoms with Crippen molar-refractivity contribution in [3.63, 3.8) is 0 Å². The molecule has 1 fully saturated rings. The Morgan fingerprint density at radius 1 is 1.19 bits per heavy atom. The van der Waals surface area contributed by atoms with E-state index in [-0.39, 0.29) is 30.2 Å². The number of nitrogens with zero attached hydrogens (tertiary/aromatic N) is 2. The zero-order valence-corrected chi connectivity index (χ0v) is 13.4. The van der Waals surface area contributed by atoms with Gasteiger partial charge in [0.05, 0.1) is 12.1 Å². The van der Waals surface area contributed by atoms with Gasteiger partial charge in [-0.3, -0.25) is 19.5 Å². The van der Waals surface area contributed by atoms with E-state index in [0.717, 1.165) is 20.9 Å². The molecule has 0 radical (unpaired) electrons. The SMILES string of the molecule is C[C@@H]1C(=O)N(Cc2cc(Br)cc3cccnc23)C(=O)[C@H]1C. The molecule has 1 saturated heterocycles. The Bertz CT molecular complexity index is 724. The van der Waals surface area contributed by atoms with Crippen molar-refractivity contribution in [2.75, 3.05) is 0 Å². The van der Waals surface area contributed by atoms with Gasteiger partial charge in [0.1, 0.15) is 0 Å². The van der Waals surface area contributed by atoms with E-state index in [1.807, 2.05) is 38.1 Å². The molecule has 0 saturated carbocycles. The Balaban J connectivity index is 2.03. The van der Waals surface area contributed by atoms with Crippen LogP contribution in [0.2, 0.25) is 0 Å². The van der Waals surface area contributed by atoms with Crippen LogP contribution in [-0.2, 0) is 16.1 Å². The van der Waals surface area contributed by atoms with Gasteiger partial charge in [0, 0.05) is 27.9 Å². The second kappa shape index (κ2) is 5.22. The molecule has 2 amide bonds. The molecule has 0 aliphatic carbocycles. The summed E-state index contributed by atoms with van der Waals surface area (Å²) in [6, 6.07) is 7.73. The first-order valence-corrected chi connectivity index (χ1v) is 7.66. The third-order valence-electron chi connectivity index (χ3n) is 4.14. The summed E-state index contributed by atoms with van der Waals surface area (Å²) in [5.74, 6) is -0.694. The fourth-order valence-corrected chi connectivity index (χ4v) is 3.23. The average Bonchev–Trinajstić information content (AvgIpc) is 2.65. The van der Waals surface area contributed by atoms with E-state index in [1.165, 1.54) is 4.90 Å². The third-order valence-corrected chi connectivity index (χ3v) is 4.60. The number of imide groups is 1. The van der Waals surface area contributed by atoms with Crippen LogP contribution in [0.4, 0.5) is 0 Å². The molecule has 4 nitrogen and oxygen atoms in total. The van der Waals surface area contributed by atoms with Gasteiger partial charge in [0.25, 0.3) is 0 Å². The van der Waals surface area contributed by atoms with E-state index in [9.17, 15) is 9.59 Å². The number of benzene rings is 1. The summed E-state index contributed by atoms with van der Waals surface area (Å²) >= 11 is 3.47. The van der Waals surface area contributed by atoms with Gasteiger partial charge < -0.3 is 0 Å². The van der Waals surface area contributed by atoms with Gasteiger partial charge in [0.2, 0.25) is 11.8 Å². The Labute approximate surface area is 131 Å². The minimum Gasteiger partial charge on any atom is -0.278 e. The predicted octanol–water partition coefficient (Wildman–Crippen LogP) is 3.14. The molecule has 2 heterocycles. The first-order chi connectivity index (χ1) is 9.99. The maximum atomic E-state index is 12.2. The van der Waals surface area contributed by atoms with Crippen LogP contribution in [0.1, 0.15) is 19.4 Å². The summed E-state index contributed by atoms with van der Waals surface area (Å²) in [5.41, 5.74) is 1.71. The van der Waals surface area contributed by atoms with E-state index in [0.29, 0.717) is 0 Å². The standard InChI is InChI=1S/C16H15BrN2O2/c1-9-10(2)16(21)19(15(9)20)8-12-7-13(17)6-11-4-3-5-18-14(11)12/h3-7,9-10H,8H2,1-2H3/t9-,10-/m0/s1. The number of hydrogen-bond donors (Lipinski definition) is 0. The lowest BCUT2D eigenvalue weighted by Gasteiger charge is -2.16. The topological polar surface area (TPSA) is 50.3 Å². The number of aromatic nitrogens is 1. The highest BCUT2D eigenvalue weighted by molar-refractivity contribution is 9.10. The molecular weight excluding hydrogens is 332 g/mol. The van der Waals surface area contributed by atoms with Gasteiger partial charge in [-0.2, -0.15) is 0 Å². The predicted molar refractivity (Wildman–Crippen MR) is 83.3 cm³/mol. The van der Waals surface area contributed by atoms with Crippen molar-refractivity contribution in [3.8, 4) is 0 Å². The van der Waals surface area contributed by atoms with Crippen molar-refractivity contribution in [1.29, 1.82) is 0 Å². The maximum Gasteiger partial charge on any atom is 0.233 e. The molecule has 3 rings (SSSR count). The summed E-state index contributed by atoms with van der Waals surface area (Å²) in [7, 11) is 0. The van der Waals surface area contributed by atoms with Crippen LogP contribution in [0.15, 0.2) is 34.9 Å². The molecule has 1 aromatic heterocycles. The average molecular weight is 347 g/mol. The second-order valence-corrected chi connectivity index (χ2v) is 6.40. The molecule has 21 heavy (non-hydrogen) atoms. The number of amides is 2. The molecule has 1 aromatic carbocycles. The van der Waals surface area contributed by atoms with E-state index in [4.69, 9.17) is 0 Å². The van der Waals surface area contributed by atoms with E-state index >= 15 is 0 Å². The first-order valence-electron chi connectivity index (χ1n) is 6.87. The van der Waals surface area contributed by atoms with Crippen LogP contribution < -0.4 is 0 Å². The quantitative estimate of drug-likeness (QED) is 0.785. The fourth-order valence-electron chi connectivity index (χ4n) is 2.70. The van der Waals surface area contributed by atoms with Crippen LogP contribution in [0.25, 0.3) is 10.9 Å². The largest absolute Gasteiger partial charge is 0.278 e. The summed E-state index contributed by atoms with van der Waals surface area (Å²) in [6.45, 7) is 3.89. The van der Waals surface area contributed by atoms with E-state index < -0.39 is 0 Å². The summed E-state index contributed by atoms with van der Waals surface area (Å²) in [4.78, 5) is 30.2. The van der Waals surface area contributed by atoms with Gasteiger partial charge in [0.15, 0.2) is 0 Å². The molecule has 1 aliphatic rings. The number of hydrogen-bond acceptors (Lipinski definition) is 3. The minimum absolute atomic E-state index is 0.100. The number of rotatable bonds is 2. The van der Waals surface area contributed by atoms with Crippen LogP contribution >= 0.6 is 15.9 Å². The minimum atomic E-state index is -0.246. The van der Waals surface area contributed by atoms with Gasteiger partial charge in [-0.05, 0) is 23.8 Å².